The second-order valence-electron chi connectivity index (χ2n) is 8.01. The summed E-state index contributed by atoms with van der Waals surface area (Å²) in [5.41, 5.74) is 3.03. The molecule has 1 amide bonds. The molecule has 1 aliphatic rings. The second kappa shape index (κ2) is 9.05. The summed E-state index contributed by atoms with van der Waals surface area (Å²) >= 11 is 1.63. The van der Waals surface area contributed by atoms with Crippen molar-refractivity contribution in [3.63, 3.8) is 0 Å². The smallest absolute Gasteiger partial charge is 0.255 e. The van der Waals surface area contributed by atoms with Crippen molar-refractivity contribution >= 4 is 43.2 Å². The van der Waals surface area contributed by atoms with E-state index in [2.05, 4.69) is 10.3 Å². The third-order valence-corrected chi connectivity index (χ3v) is 8.75. The topological polar surface area (TPSA) is 79.4 Å². The first-order valence-electron chi connectivity index (χ1n) is 10.9. The first-order valence-corrected chi connectivity index (χ1v) is 13.1. The quantitative estimate of drug-likeness (QED) is 0.418. The molecule has 8 heteroatoms. The zero-order chi connectivity index (χ0) is 22.8. The molecule has 0 atom stereocenters. The number of hydrogen-bond acceptors (Lipinski definition) is 5. The van der Waals surface area contributed by atoms with Crippen molar-refractivity contribution in [3.8, 4) is 10.6 Å². The van der Waals surface area contributed by atoms with Crippen molar-refractivity contribution in [3.05, 3.63) is 78.4 Å². The molecular weight excluding hydrogens is 454 g/mol. The monoisotopic (exact) mass is 477 g/mol. The largest absolute Gasteiger partial charge is 0.322 e. The number of piperidine rings is 1. The minimum Gasteiger partial charge on any atom is -0.322 e. The van der Waals surface area contributed by atoms with Gasteiger partial charge in [-0.2, -0.15) is 4.31 Å². The van der Waals surface area contributed by atoms with E-state index in [0.29, 0.717) is 24.3 Å². The molecule has 5 rings (SSSR count). The molecule has 1 N–H and O–H groups in total. The Morgan fingerprint density at radius 1 is 0.879 bits per heavy atom. The highest BCUT2D eigenvalue weighted by molar-refractivity contribution is 7.89. The number of amides is 1. The summed E-state index contributed by atoms with van der Waals surface area (Å²) < 4.78 is 28.2. The molecule has 0 bridgehead atoms. The number of sulfonamides is 1. The van der Waals surface area contributed by atoms with E-state index < -0.39 is 10.0 Å². The molecule has 0 saturated carbocycles. The van der Waals surface area contributed by atoms with Crippen molar-refractivity contribution < 1.29 is 13.2 Å². The first-order chi connectivity index (χ1) is 16.0. The number of thiazole rings is 1. The molecule has 1 aliphatic heterocycles. The van der Waals surface area contributed by atoms with Crippen molar-refractivity contribution in [1.29, 1.82) is 0 Å². The summed E-state index contributed by atoms with van der Waals surface area (Å²) in [6.45, 7) is 1.11. The molecule has 4 aromatic rings. The fourth-order valence-corrected chi connectivity index (χ4v) is 6.42. The number of hydrogen-bond donors (Lipinski definition) is 1. The first kappa shape index (κ1) is 21.8. The highest BCUT2D eigenvalue weighted by Gasteiger charge is 2.26. The Hall–Kier alpha value is -3.07. The summed E-state index contributed by atoms with van der Waals surface area (Å²) in [6.07, 6.45) is 2.83. The van der Waals surface area contributed by atoms with Crippen LogP contribution in [0.2, 0.25) is 0 Å². The maximum absolute atomic E-state index is 12.8. The average molecular weight is 478 g/mol. The van der Waals surface area contributed by atoms with E-state index in [1.54, 1.807) is 23.5 Å². The Kier molecular flexibility index (Phi) is 5.97. The van der Waals surface area contributed by atoms with Crippen LogP contribution in [-0.2, 0) is 10.0 Å². The lowest BCUT2D eigenvalue weighted by Gasteiger charge is -2.25. The van der Waals surface area contributed by atoms with Crippen LogP contribution in [0.15, 0.2) is 77.7 Å². The standard InChI is InChI=1S/C25H23N3O3S2/c29-24(18-10-14-21(15-11-18)33(30,31)28-16-4-1-5-17-28)26-20-12-8-19(9-13-20)25-27-22-6-2-3-7-23(22)32-25/h2-3,6-15H,1,4-5,16-17H2,(H,26,29). The van der Waals surface area contributed by atoms with Crippen LogP contribution in [0, 0.1) is 0 Å². The van der Waals surface area contributed by atoms with Gasteiger partial charge in [-0.25, -0.2) is 13.4 Å². The molecule has 1 saturated heterocycles. The number of carbonyl (C=O) groups is 1. The van der Waals surface area contributed by atoms with Crippen LogP contribution in [0.4, 0.5) is 5.69 Å². The normalized spacial score (nSPS) is 14.9. The number of rotatable bonds is 5. The van der Waals surface area contributed by atoms with Crippen molar-refractivity contribution in [1.82, 2.24) is 9.29 Å². The van der Waals surface area contributed by atoms with Gasteiger partial charge in [0.15, 0.2) is 0 Å². The molecule has 0 radical (unpaired) electrons. The zero-order valence-electron chi connectivity index (χ0n) is 17.9. The van der Waals surface area contributed by atoms with Crippen LogP contribution in [0.25, 0.3) is 20.8 Å². The molecule has 2 heterocycles. The fraction of sp³-hybridized carbons (Fsp3) is 0.200. The molecule has 1 aromatic heterocycles. The second-order valence-corrected chi connectivity index (χ2v) is 11.0. The van der Waals surface area contributed by atoms with Gasteiger partial charge >= 0.3 is 0 Å². The number of benzene rings is 3. The predicted octanol–water partition coefficient (Wildman–Crippen LogP) is 5.39. The lowest BCUT2D eigenvalue weighted by molar-refractivity contribution is 0.102. The summed E-state index contributed by atoms with van der Waals surface area (Å²) in [6, 6.07) is 21.7. The van der Waals surface area contributed by atoms with Crippen LogP contribution in [-0.4, -0.2) is 36.7 Å². The molecule has 1 fully saturated rings. The molecule has 3 aromatic carbocycles. The van der Waals surface area contributed by atoms with Gasteiger partial charge in [0.25, 0.3) is 5.91 Å². The van der Waals surface area contributed by atoms with Gasteiger partial charge in [-0.15, -0.1) is 11.3 Å². The number of carbonyl (C=O) groups excluding carboxylic acids is 1. The number of anilines is 1. The Labute approximate surface area is 197 Å². The van der Waals surface area contributed by atoms with E-state index >= 15 is 0 Å². The number of fused-ring (bicyclic) bond motifs is 1. The molecule has 0 unspecified atom stereocenters. The van der Waals surface area contributed by atoms with Gasteiger partial charge in [0, 0.05) is 29.9 Å². The summed E-state index contributed by atoms with van der Waals surface area (Å²) in [5.74, 6) is -0.287. The minimum atomic E-state index is -3.51. The molecule has 6 nitrogen and oxygen atoms in total. The Balaban J connectivity index is 1.27. The van der Waals surface area contributed by atoms with Crippen LogP contribution < -0.4 is 5.32 Å². The lowest BCUT2D eigenvalue weighted by atomic mass is 10.2. The Morgan fingerprint density at radius 2 is 1.58 bits per heavy atom. The molecule has 33 heavy (non-hydrogen) atoms. The van der Waals surface area contributed by atoms with Crippen LogP contribution in [0.1, 0.15) is 29.6 Å². The maximum atomic E-state index is 12.8. The van der Waals surface area contributed by atoms with Crippen LogP contribution >= 0.6 is 11.3 Å². The number of aromatic nitrogens is 1. The van der Waals surface area contributed by atoms with E-state index in [4.69, 9.17) is 0 Å². The highest BCUT2D eigenvalue weighted by Crippen LogP contribution is 2.30. The van der Waals surface area contributed by atoms with Crippen molar-refractivity contribution in [2.24, 2.45) is 0 Å². The maximum Gasteiger partial charge on any atom is 0.255 e. The third-order valence-electron chi connectivity index (χ3n) is 5.75. The van der Waals surface area contributed by atoms with Gasteiger partial charge in [0.05, 0.1) is 15.1 Å². The van der Waals surface area contributed by atoms with Gasteiger partial charge in [0.2, 0.25) is 10.0 Å². The van der Waals surface area contributed by atoms with E-state index in [1.807, 2.05) is 48.5 Å². The predicted molar refractivity (Wildman–Crippen MR) is 132 cm³/mol. The summed E-state index contributed by atoms with van der Waals surface area (Å²) in [5, 5.41) is 3.80. The van der Waals surface area contributed by atoms with Gasteiger partial charge in [-0.05, 0) is 73.5 Å². The SMILES string of the molecule is O=C(Nc1ccc(-c2nc3ccccc3s2)cc1)c1ccc(S(=O)(=O)N2CCCCC2)cc1. The Bertz CT molecular complexity index is 1360. The number of nitrogens with zero attached hydrogens (tertiary/aromatic N) is 2. The van der Waals surface area contributed by atoms with Crippen LogP contribution in [0.3, 0.4) is 0 Å². The average Bonchev–Trinajstić information content (AvgIpc) is 3.29. The van der Waals surface area contributed by atoms with Gasteiger partial charge in [0.1, 0.15) is 5.01 Å². The number of nitrogens with one attached hydrogen (secondary N) is 1. The fourth-order valence-electron chi connectivity index (χ4n) is 3.93. The Morgan fingerprint density at radius 3 is 2.27 bits per heavy atom. The zero-order valence-corrected chi connectivity index (χ0v) is 19.5. The van der Waals surface area contributed by atoms with Crippen LogP contribution in [0.5, 0.6) is 0 Å². The summed E-state index contributed by atoms with van der Waals surface area (Å²) in [4.78, 5) is 17.6. The lowest BCUT2D eigenvalue weighted by Crippen LogP contribution is -2.35. The van der Waals surface area contributed by atoms with E-state index in [-0.39, 0.29) is 10.8 Å². The van der Waals surface area contributed by atoms with Crippen molar-refractivity contribution in [2.75, 3.05) is 18.4 Å². The van der Waals surface area contributed by atoms with E-state index in [0.717, 1.165) is 40.1 Å². The highest BCUT2D eigenvalue weighted by atomic mass is 32.2. The van der Waals surface area contributed by atoms with E-state index in [9.17, 15) is 13.2 Å². The van der Waals surface area contributed by atoms with Gasteiger partial charge in [-0.1, -0.05) is 18.6 Å². The summed E-state index contributed by atoms with van der Waals surface area (Å²) in [7, 11) is -3.51. The third kappa shape index (κ3) is 4.55. The van der Waals surface area contributed by atoms with E-state index in [1.165, 1.54) is 16.4 Å². The van der Waals surface area contributed by atoms with Gasteiger partial charge in [-0.3, -0.25) is 4.79 Å². The molecule has 0 spiro atoms. The van der Waals surface area contributed by atoms with Gasteiger partial charge < -0.3 is 5.32 Å². The molecule has 168 valence electrons. The van der Waals surface area contributed by atoms with Crippen molar-refractivity contribution in [2.45, 2.75) is 24.2 Å². The number of para-hydroxylation sites is 1. The molecule has 0 aliphatic carbocycles. The minimum absolute atomic E-state index is 0.223. The molecular formula is C25H23N3O3S2.